The molecule has 1 aromatic heterocycles. The second kappa shape index (κ2) is 5.12. The molecule has 1 aromatic rings. The summed E-state index contributed by atoms with van der Waals surface area (Å²) in [6, 6.07) is 0.451. The summed E-state index contributed by atoms with van der Waals surface area (Å²) in [5, 5.41) is 15.7. The first kappa shape index (κ1) is 12.5. The normalized spacial score (nSPS) is 21.4. The summed E-state index contributed by atoms with van der Waals surface area (Å²) >= 11 is 0. The Morgan fingerprint density at radius 1 is 1.35 bits per heavy atom. The standard InChI is InChI=1S/C12H23N5/c1-12(7-5-4-6-8-12)10(13-2)9-11-14-16-17(3)15-11/h10,13H,4-9H2,1-3H3. The molecular formula is C12H23N5. The zero-order valence-corrected chi connectivity index (χ0v) is 11.1. The molecule has 5 heteroatoms. The minimum Gasteiger partial charge on any atom is -0.316 e. The summed E-state index contributed by atoms with van der Waals surface area (Å²) in [6.45, 7) is 2.39. The number of rotatable bonds is 4. The van der Waals surface area contributed by atoms with E-state index in [9.17, 15) is 0 Å². The van der Waals surface area contributed by atoms with Gasteiger partial charge in [0.25, 0.3) is 0 Å². The molecule has 1 unspecified atom stereocenters. The summed E-state index contributed by atoms with van der Waals surface area (Å²) in [5.41, 5.74) is 0.381. The van der Waals surface area contributed by atoms with Crippen LogP contribution in [0.2, 0.25) is 0 Å². The van der Waals surface area contributed by atoms with Crippen molar-refractivity contribution in [3.05, 3.63) is 5.82 Å². The molecule has 0 amide bonds. The number of tetrazole rings is 1. The highest BCUT2D eigenvalue weighted by atomic mass is 15.6. The lowest BCUT2D eigenvalue weighted by Gasteiger charge is -2.40. The molecule has 0 spiro atoms. The molecule has 1 aliphatic carbocycles. The quantitative estimate of drug-likeness (QED) is 0.858. The molecular weight excluding hydrogens is 214 g/mol. The van der Waals surface area contributed by atoms with Crippen molar-refractivity contribution in [2.75, 3.05) is 7.05 Å². The number of hydrogen-bond donors (Lipinski definition) is 1. The van der Waals surface area contributed by atoms with Gasteiger partial charge >= 0.3 is 0 Å². The average Bonchev–Trinajstić information content (AvgIpc) is 2.72. The van der Waals surface area contributed by atoms with Crippen molar-refractivity contribution in [3.63, 3.8) is 0 Å². The second-order valence-electron chi connectivity index (χ2n) is 5.46. The van der Waals surface area contributed by atoms with E-state index in [1.54, 1.807) is 0 Å². The van der Waals surface area contributed by atoms with Crippen LogP contribution in [0.25, 0.3) is 0 Å². The molecule has 1 heterocycles. The monoisotopic (exact) mass is 237 g/mol. The number of hydrogen-bond acceptors (Lipinski definition) is 4. The Labute approximate surface area is 103 Å². The lowest BCUT2D eigenvalue weighted by Crippen LogP contribution is -2.44. The van der Waals surface area contributed by atoms with Crippen molar-refractivity contribution >= 4 is 0 Å². The Bertz CT molecular complexity index is 354. The van der Waals surface area contributed by atoms with Crippen LogP contribution in [0.1, 0.15) is 44.9 Å². The van der Waals surface area contributed by atoms with Gasteiger partial charge in [0.2, 0.25) is 0 Å². The number of aromatic nitrogens is 4. The maximum absolute atomic E-state index is 4.28. The van der Waals surface area contributed by atoms with E-state index < -0.39 is 0 Å². The predicted octanol–water partition coefficient (Wildman–Crippen LogP) is 1.31. The SMILES string of the molecule is CNC(Cc1nnn(C)n1)C1(C)CCCCC1. The van der Waals surface area contributed by atoms with Crippen LogP contribution >= 0.6 is 0 Å². The van der Waals surface area contributed by atoms with Crippen molar-refractivity contribution < 1.29 is 0 Å². The van der Waals surface area contributed by atoms with E-state index in [1.807, 2.05) is 14.1 Å². The molecule has 0 aromatic carbocycles. The Morgan fingerprint density at radius 2 is 2.06 bits per heavy atom. The van der Waals surface area contributed by atoms with Crippen LogP contribution in [0, 0.1) is 5.41 Å². The minimum absolute atomic E-state index is 0.381. The summed E-state index contributed by atoms with van der Waals surface area (Å²) in [7, 11) is 3.86. The van der Waals surface area contributed by atoms with Crippen LogP contribution in [0.15, 0.2) is 0 Å². The van der Waals surface area contributed by atoms with Gasteiger partial charge in [-0.15, -0.1) is 10.2 Å². The van der Waals surface area contributed by atoms with Crippen LogP contribution in [0.3, 0.4) is 0 Å². The minimum atomic E-state index is 0.381. The molecule has 1 atom stereocenters. The molecule has 1 N–H and O–H groups in total. The topological polar surface area (TPSA) is 55.6 Å². The van der Waals surface area contributed by atoms with Crippen molar-refractivity contribution in [1.29, 1.82) is 0 Å². The first-order valence-electron chi connectivity index (χ1n) is 6.54. The molecule has 1 aliphatic rings. The van der Waals surface area contributed by atoms with Crippen molar-refractivity contribution in [2.24, 2.45) is 12.5 Å². The van der Waals surface area contributed by atoms with Gasteiger partial charge in [0, 0.05) is 12.5 Å². The molecule has 0 saturated heterocycles. The van der Waals surface area contributed by atoms with Gasteiger partial charge < -0.3 is 5.32 Å². The average molecular weight is 237 g/mol. The molecule has 2 rings (SSSR count). The lowest BCUT2D eigenvalue weighted by atomic mass is 9.69. The largest absolute Gasteiger partial charge is 0.316 e. The van der Waals surface area contributed by atoms with Crippen LogP contribution < -0.4 is 5.32 Å². The van der Waals surface area contributed by atoms with Gasteiger partial charge in [-0.25, -0.2) is 0 Å². The number of aryl methyl sites for hydroxylation is 1. The smallest absolute Gasteiger partial charge is 0.176 e. The number of nitrogens with one attached hydrogen (secondary N) is 1. The van der Waals surface area contributed by atoms with Crippen LogP contribution in [0.4, 0.5) is 0 Å². The molecule has 5 nitrogen and oxygen atoms in total. The highest BCUT2D eigenvalue weighted by Crippen LogP contribution is 2.39. The molecule has 0 radical (unpaired) electrons. The molecule has 0 aliphatic heterocycles. The van der Waals surface area contributed by atoms with Crippen LogP contribution in [-0.4, -0.2) is 33.3 Å². The van der Waals surface area contributed by atoms with E-state index in [-0.39, 0.29) is 0 Å². The van der Waals surface area contributed by atoms with Gasteiger partial charge in [-0.2, -0.15) is 4.80 Å². The molecule has 0 bridgehead atoms. The predicted molar refractivity (Wildman–Crippen MR) is 66.5 cm³/mol. The summed E-state index contributed by atoms with van der Waals surface area (Å²) in [5.74, 6) is 0.846. The van der Waals surface area contributed by atoms with Gasteiger partial charge in [-0.05, 0) is 30.5 Å². The Hall–Kier alpha value is -0.970. The Morgan fingerprint density at radius 3 is 2.59 bits per heavy atom. The van der Waals surface area contributed by atoms with E-state index in [0.29, 0.717) is 11.5 Å². The zero-order chi connectivity index (χ0) is 12.3. The van der Waals surface area contributed by atoms with Gasteiger partial charge in [0.1, 0.15) is 0 Å². The number of nitrogens with zero attached hydrogens (tertiary/aromatic N) is 4. The fourth-order valence-corrected chi connectivity index (χ4v) is 2.99. The van der Waals surface area contributed by atoms with Gasteiger partial charge in [0.05, 0.1) is 7.05 Å². The van der Waals surface area contributed by atoms with E-state index in [2.05, 4.69) is 27.7 Å². The van der Waals surface area contributed by atoms with Crippen molar-refractivity contribution in [3.8, 4) is 0 Å². The third-order valence-corrected chi connectivity index (χ3v) is 4.12. The van der Waals surface area contributed by atoms with Gasteiger partial charge in [-0.1, -0.05) is 26.2 Å². The van der Waals surface area contributed by atoms with Crippen LogP contribution in [-0.2, 0) is 13.5 Å². The van der Waals surface area contributed by atoms with Crippen molar-refractivity contribution in [2.45, 2.75) is 51.5 Å². The molecule has 1 saturated carbocycles. The highest BCUT2D eigenvalue weighted by Gasteiger charge is 2.35. The molecule has 96 valence electrons. The van der Waals surface area contributed by atoms with E-state index in [0.717, 1.165) is 12.2 Å². The number of likely N-dealkylation sites (N-methyl/N-ethyl adjacent to an activating group) is 1. The molecule has 1 fully saturated rings. The maximum atomic E-state index is 4.28. The maximum Gasteiger partial charge on any atom is 0.176 e. The summed E-state index contributed by atoms with van der Waals surface area (Å²) in [4.78, 5) is 1.53. The lowest BCUT2D eigenvalue weighted by molar-refractivity contribution is 0.147. The third-order valence-electron chi connectivity index (χ3n) is 4.12. The van der Waals surface area contributed by atoms with E-state index >= 15 is 0 Å². The summed E-state index contributed by atoms with van der Waals surface area (Å²) in [6.07, 6.45) is 7.57. The van der Waals surface area contributed by atoms with Gasteiger partial charge in [-0.3, -0.25) is 0 Å². The first-order valence-corrected chi connectivity index (χ1v) is 6.54. The van der Waals surface area contributed by atoms with Crippen molar-refractivity contribution in [1.82, 2.24) is 25.5 Å². The van der Waals surface area contributed by atoms with E-state index in [4.69, 9.17) is 0 Å². The highest BCUT2D eigenvalue weighted by molar-refractivity contribution is 4.95. The first-order chi connectivity index (χ1) is 8.14. The zero-order valence-electron chi connectivity index (χ0n) is 11.1. The van der Waals surface area contributed by atoms with Gasteiger partial charge in [0.15, 0.2) is 5.82 Å². The second-order valence-corrected chi connectivity index (χ2v) is 5.46. The third kappa shape index (κ3) is 2.83. The fraction of sp³-hybridized carbons (Fsp3) is 0.917. The van der Waals surface area contributed by atoms with E-state index in [1.165, 1.54) is 36.9 Å². The summed E-state index contributed by atoms with van der Waals surface area (Å²) < 4.78 is 0. The molecule has 17 heavy (non-hydrogen) atoms. The fourth-order valence-electron chi connectivity index (χ4n) is 2.99. The van der Waals surface area contributed by atoms with Crippen LogP contribution in [0.5, 0.6) is 0 Å². The Kier molecular flexibility index (Phi) is 3.76. The Balaban J connectivity index is 2.05.